The van der Waals surface area contributed by atoms with Crippen LogP contribution in [0.3, 0.4) is 0 Å². The SMILES string of the molecule is Cc1cc(C(=O)N2CC(CN)CC2C)cc([N+](=O)[O-])c1. The van der Waals surface area contributed by atoms with Gasteiger partial charge in [0.05, 0.1) is 4.92 Å². The molecule has 1 saturated heterocycles. The van der Waals surface area contributed by atoms with Crippen LogP contribution in [0, 0.1) is 23.0 Å². The fourth-order valence-corrected chi connectivity index (χ4v) is 2.75. The van der Waals surface area contributed by atoms with E-state index in [1.807, 2.05) is 6.92 Å². The average Bonchev–Trinajstić information content (AvgIpc) is 2.78. The molecule has 1 amide bonds. The molecule has 6 heteroatoms. The Morgan fingerprint density at radius 1 is 1.50 bits per heavy atom. The third kappa shape index (κ3) is 2.80. The highest BCUT2D eigenvalue weighted by molar-refractivity contribution is 5.95. The molecule has 0 aromatic heterocycles. The van der Waals surface area contributed by atoms with Gasteiger partial charge in [-0.15, -0.1) is 0 Å². The molecule has 0 saturated carbocycles. The Labute approximate surface area is 117 Å². The molecular formula is C14H19N3O3. The van der Waals surface area contributed by atoms with E-state index in [1.54, 1.807) is 17.9 Å². The quantitative estimate of drug-likeness (QED) is 0.672. The monoisotopic (exact) mass is 277 g/mol. The summed E-state index contributed by atoms with van der Waals surface area (Å²) in [4.78, 5) is 24.7. The third-order valence-electron chi connectivity index (χ3n) is 3.78. The molecule has 1 heterocycles. The molecule has 0 radical (unpaired) electrons. The maximum Gasteiger partial charge on any atom is 0.270 e. The minimum atomic E-state index is -0.472. The number of carbonyl (C=O) groups excluding carboxylic acids is 1. The van der Waals surface area contributed by atoms with Gasteiger partial charge in [-0.05, 0) is 44.4 Å². The van der Waals surface area contributed by atoms with Crippen LogP contribution in [0.2, 0.25) is 0 Å². The fourth-order valence-electron chi connectivity index (χ4n) is 2.75. The van der Waals surface area contributed by atoms with Gasteiger partial charge in [-0.2, -0.15) is 0 Å². The van der Waals surface area contributed by atoms with Crippen molar-refractivity contribution in [2.75, 3.05) is 13.1 Å². The molecule has 1 aromatic rings. The van der Waals surface area contributed by atoms with E-state index in [0.29, 0.717) is 30.1 Å². The summed E-state index contributed by atoms with van der Waals surface area (Å²) in [5.41, 5.74) is 6.70. The Hall–Kier alpha value is -1.95. The molecule has 0 aliphatic carbocycles. The van der Waals surface area contributed by atoms with Gasteiger partial charge < -0.3 is 10.6 Å². The van der Waals surface area contributed by atoms with E-state index >= 15 is 0 Å². The van der Waals surface area contributed by atoms with Crippen molar-refractivity contribution < 1.29 is 9.72 Å². The van der Waals surface area contributed by atoms with E-state index in [0.717, 1.165) is 6.42 Å². The van der Waals surface area contributed by atoms with Crippen LogP contribution in [0.25, 0.3) is 0 Å². The molecule has 1 aliphatic heterocycles. The summed E-state index contributed by atoms with van der Waals surface area (Å²) in [6.45, 7) is 4.91. The van der Waals surface area contributed by atoms with E-state index in [2.05, 4.69) is 0 Å². The van der Waals surface area contributed by atoms with Gasteiger partial charge in [0.1, 0.15) is 0 Å². The Bertz CT molecular complexity index is 544. The van der Waals surface area contributed by atoms with Crippen LogP contribution in [0.1, 0.15) is 29.3 Å². The van der Waals surface area contributed by atoms with Crippen molar-refractivity contribution in [3.8, 4) is 0 Å². The highest BCUT2D eigenvalue weighted by Gasteiger charge is 2.32. The molecule has 2 atom stereocenters. The van der Waals surface area contributed by atoms with Gasteiger partial charge in [-0.1, -0.05) is 0 Å². The lowest BCUT2D eigenvalue weighted by atomic mass is 10.1. The van der Waals surface area contributed by atoms with Crippen molar-refractivity contribution in [3.63, 3.8) is 0 Å². The number of nitro groups is 1. The molecule has 20 heavy (non-hydrogen) atoms. The molecule has 1 aliphatic rings. The maximum absolute atomic E-state index is 12.5. The second-order valence-corrected chi connectivity index (χ2v) is 5.46. The molecule has 0 spiro atoms. The lowest BCUT2D eigenvalue weighted by Gasteiger charge is -2.21. The van der Waals surface area contributed by atoms with Crippen molar-refractivity contribution in [3.05, 3.63) is 39.4 Å². The minimum absolute atomic E-state index is 0.0458. The first kappa shape index (κ1) is 14.5. The summed E-state index contributed by atoms with van der Waals surface area (Å²) >= 11 is 0. The molecule has 6 nitrogen and oxygen atoms in total. The standard InChI is InChI=1S/C14H19N3O3/c1-9-3-12(6-13(4-9)17(19)20)14(18)16-8-11(7-15)5-10(16)2/h3-4,6,10-11H,5,7-8,15H2,1-2H3. The number of nitro benzene ring substituents is 1. The molecular weight excluding hydrogens is 258 g/mol. The number of non-ortho nitro benzene ring substituents is 1. The second-order valence-electron chi connectivity index (χ2n) is 5.46. The van der Waals surface area contributed by atoms with Gasteiger partial charge in [0.15, 0.2) is 0 Å². The van der Waals surface area contributed by atoms with Gasteiger partial charge in [-0.25, -0.2) is 0 Å². The van der Waals surface area contributed by atoms with Gasteiger partial charge in [-0.3, -0.25) is 14.9 Å². The summed E-state index contributed by atoms with van der Waals surface area (Å²) in [6.07, 6.45) is 0.885. The van der Waals surface area contributed by atoms with Crippen LogP contribution in [0.4, 0.5) is 5.69 Å². The summed E-state index contributed by atoms with van der Waals surface area (Å²) in [5, 5.41) is 10.9. The second kappa shape index (κ2) is 5.58. The van der Waals surface area contributed by atoms with Gasteiger partial charge in [0, 0.05) is 30.3 Å². The lowest BCUT2D eigenvalue weighted by molar-refractivity contribution is -0.384. The maximum atomic E-state index is 12.5. The molecule has 2 N–H and O–H groups in total. The normalized spacial score (nSPS) is 22.1. The smallest absolute Gasteiger partial charge is 0.270 e. The van der Waals surface area contributed by atoms with E-state index in [-0.39, 0.29) is 17.6 Å². The predicted octanol–water partition coefficient (Wildman–Crippen LogP) is 1.71. The molecule has 108 valence electrons. The molecule has 1 fully saturated rings. The number of hydrogen-bond acceptors (Lipinski definition) is 4. The lowest BCUT2D eigenvalue weighted by Crippen LogP contribution is -2.34. The van der Waals surface area contributed by atoms with Gasteiger partial charge >= 0.3 is 0 Å². The summed E-state index contributed by atoms with van der Waals surface area (Å²) in [7, 11) is 0. The first-order valence-electron chi connectivity index (χ1n) is 6.69. The Morgan fingerprint density at radius 2 is 2.20 bits per heavy atom. The highest BCUT2D eigenvalue weighted by Crippen LogP contribution is 2.25. The van der Waals surface area contributed by atoms with Crippen LogP contribution in [0.5, 0.6) is 0 Å². The number of rotatable bonds is 3. The number of carbonyl (C=O) groups is 1. The molecule has 2 rings (SSSR count). The Balaban J connectivity index is 2.27. The zero-order valence-corrected chi connectivity index (χ0v) is 11.7. The molecule has 2 unspecified atom stereocenters. The van der Waals surface area contributed by atoms with E-state index in [9.17, 15) is 14.9 Å². The fraction of sp³-hybridized carbons (Fsp3) is 0.500. The van der Waals surface area contributed by atoms with Gasteiger partial charge in [0.2, 0.25) is 0 Å². The largest absolute Gasteiger partial charge is 0.336 e. The van der Waals surface area contributed by atoms with Crippen molar-refractivity contribution in [2.45, 2.75) is 26.3 Å². The zero-order valence-electron chi connectivity index (χ0n) is 11.7. The third-order valence-corrected chi connectivity index (χ3v) is 3.78. The molecule has 1 aromatic carbocycles. The summed E-state index contributed by atoms with van der Waals surface area (Å²) in [5.74, 6) is 0.161. The zero-order chi connectivity index (χ0) is 14.9. The first-order valence-corrected chi connectivity index (χ1v) is 6.69. The van der Waals surface area contributed by atoms with E-state index in [4.69, 9.17) is 5.73 Å². The number of hydrogen-bond donors (Lipinski definition) is 1. The Morgan fingerprint density at radius 3 is 2.75 bits per heavy atom. The number of nitrogens with zero attached hydrogens (tertiary/aromatic N) is 2. The Kier molecular flexibility index (Phi) is 4.04. The summed E-state index contributed by atoms with van der Waals surface area (Å²) < 4.78 is 0. The number of nitrogens with two attached hydrogens (primary N) is 1. The minimum Gasteiger partial charge on any atom is -0.336 e. The predicted molar refractivity (Wildman–Crippen MR) is 75.5 cm³/mol. The first-order chi connectivity index (χ1) is 9.42. The number of benzene rings is 1. The van der Waals surface area contributed by atoms with Gasteiger partial charge in [0.25, 0.3) is 11.6 Å². The van der Waals surface area contributed by atoms with Crippen molar-refractivity contribution in [2.24, 2.45) is 11.7 Å². The topological polar surface area (TPSA) is 89.5 Å². The number of amides is 1. The van der Waals surface area contributed by atoms with Crippen LogP contribution < -0.4 is 5.73 Å². The van der Waals surface area contributed by atoms with Crippen LogP contribution in [-0.4, -0.2) is 34.9 Å². The van der Waals surface area contributed by atoms with Crippen LogP contribution in [-0.2, 0) is 0 Å². The average molecular weight is 277 g/mol. The highest BCUT2D eigenvalue weighted by atomic mass is 16.6. The van der Waals surface area contributed by atoms with E-state index in [1.165, 1.54) is 12.1 Å². The van der Waals surface area contributed by atoms with Crippen molar-refractivity contribution in [1.82, 2.24) is 4.90 Å². The van der Waals surface area contributed by atoms with Crippen LogP contribution >= 0.6 is 0 Å². The number of likely N-dealkylation sites (tertiary alicyclic amines) is 1. The van der Waals surface area contributed by atoms with Crippen LogP contribution in [0.15, 0.2) is 18.2 Å². The number of aryl methyl sites for hydroxylation is 1. The summed E-state index contributed by atoms with van der Waals surface area (Å²) in [6, 6.07) is 4.62. The van der Waals surface area contributed by atoms with E-state index < -0.39 is 4.92 Å². The van der Waals surface area contributed by atoms with Crippen molar-refractivity contribution >= 4 is 11.6 Å². The van der Waals surface area contributed by atoms with Crippen molar-refractivity contribution in [1.29, 1.82) is 0 Å². The molecule has 0 bridgehead atoms.